The number of halogens is 1. The summed E-state index contributed by atoms with van der Waals surface area (Å²) in [5.74, 6) is 0. The monoisotopic (exact) mass is 168 g/mol. The Bertz CT molecular complexity index is 251. The van der Waals surface area contributed by atoms with Crippen LogP contribution in [-0.4, -0.2) is 17.7 Å². The normalized spacial score (nSPS) is 18.9. The van der Waals surface area contributed by atoms with Crippen molar-refractivity contribution in [1.82, 2.24) is 4.90 Å². The minimum Gasteiger partial charge on any atom is -0.341 e. The number of hydrogen-bond donors (Lipinski definition) is 0. The van der Waals surface area contributed by atoms with Gasteiger partial charge in [-0.3, -0.25) is 4.99 Å². The van der Waals surface area contributed by atoms with Gasteiger partial charge in [-0.25, -0.2) is 0 Å². The molecule has 0 aromatic carbocycles. The summed E-state index contributed by atoms with van der Waals surface area (Å²) in [6, 6.07) is 0. The third-order valence-electron chi connectivity index (χ3n) is 1.57. The van der Waals surface area contributed by atoms with Crippen molar-refractivity contribution < 1.29 is 0 Å². The van der Waals surface area contributed by atoms with Gasteiger partial charge in [-0.1, -0.05) is 6.08 Å². The highest BCUT2D eigenvalue weighted by molar-refractivity contribution is 5.85. The number of nitrogens with zero attached hydrogens (tertiary/aromatic N) is 2. The Morgan fingerprint density at radius 1 is 1.36 bits per heavy atom. The first-order valence-electron chi connectivity index (χ1n) is 3.30. The van der Waals surface area contributed by atoms with Gasteiger partial charge in [0.15, 0.2) is 0 Å². The summed E-state index contributed by atoms with van der Waals surface area (Å²) in [5, 5.41) is 0. The molecule has 0 aromatic heterocycles. The molecule has 0 saturated carbocycles. The molecule has 0 amide bonds. The molecule has 0 saturated heterocycles. The first kappa shape index (κ1) is 8.08. The van der Waals surface area contributed by atoms with Crippen LogP contribution in [0.2, 0.25) is 0 Å². The average Bonchev–Trinajstić information content (AvgIpc) is 2.05. The van der Waals surface area contributed by atoms with Crippen molar-refractivity contribution in [3.63, 3.8) is 0 Å². The van der Waals surface area contributed by atoms with Crippen LogP contribution in [0, 0.1) is 0 Å². The van der Waals surface area contributed by atoms with E-state index in [1.54, 1.807) is 0 Å². The summed E-state index contributed by atoms with van der Waals surface area (Å²) < 4.78 is 0. The minimum atomic E-state index is 0. The predicted molar refractivity (Wildman–Crippen MR) is 48.8 cm³/mol. The maximum absolute atomic E-state index is 4.05. The molecule has 0 fully saturated rings. The second-order valence-electron chi connectivity index (χ2n) is 2.24. The lowest BCUT2D eigenvalue weighted by atomic mass is 10.2. The maximum atomic E-state index is 4.05. The Kier molecular flexibility index (Phi) is 2.49. The van der Waals surface area contributed by atoms with Crippen molar-refractivity contribution in [2.24, 2.45) is 4.99 Å². The van der Waals surface area contributed by atoms with E-state index in [0.717, 1.165) is 6.54 Å². The second-order valence-corrected chi connectivity index (χ2v) is 2.24. The fraction of sp³-hybridized carbons (Fsp3) is 0.125. The Balaban J connectivity index is 0.000000605. The van der Waals surface area contributed by atoms with Gasteiger partial charge in [0.1, 0.15) is 0 Å². The molecule has 0 bridgehead atoms. The summed E-state index contributed by atoms with van der Waals surface area (Å²) in [4.78, 5) is 6.19. The summed E-state index contributed by atoms with van der Waals surface area (Å²) in [6.07, 6.45) is 11.9. The van der Waals surface area contributed by atoms with Gasteiger partial charge in [0.05, 0.1) is 18.4 Å². The van der Waals surface area contributed by atoms with Crippen LogP contribution >= 0.6 is 12.4 Å². The van der Waals surface area contributed by atoms with Crippen LogP contribution in [0.4, 0.5) is 0 Å². The number of aliphatic imine (C=N–C) groups is 1. The fourth-order valence-corrected chi connectivity index (χ4v) is 1.04. The summed E-state index contributed by atoms with van der Waals surface area (Å²) in [5.41, 5.74) is 1.17. The van der Waals surface area contributed by atoms with E-state index >= 15 is 0 Å². The van der Waals surface area contributed by atoms with E-state index in [0.29, 0.717) is 0 Å². The molecule has 0 aromatic rings. The van der Waals surface area contributed by atoms with Crippen LogP contribution in [0.15, 0.2) is 41.3 Å². The Hall–Kier alpha value is -1.02. The first-order valence-corrected chi connectivity index (χ1v) is 3.30. The maximum Gasteiger partial charge on any atom is 0.0595 e. The third-order valence-corrected chi connectivity index (χ3v) is 1.57. The highest BCUT2D eigenvalue weighted by atomic mass is 35.5. The van der Waals surface area contributed by atoms with E-state index < -0.39 is 0 Å². The minimum absolute atomic E-state index is 0. The van der Waals surface area contributed by atoms with Gasteiger partial charge in [0.2, 0.25) is 0 Å². The Labute approximate surface area is 72.0 Å². The lowest BCUT2D eigenvalue weighted by Crippen LogP contribution is -2.21. The van der Waals surface area contributed by atoms with Crippen molar-refractivity contribution in [1.29, 1.82) is 0 Å². The molecule has 2 aliphatic rings. The van der Waals surface area contributed by atoms with Crippen LogP contribution in [0.5, 0.6) is 0 Å². The van der Waals surface area contributed by atoms with Gasteiger partial charge in [0, 0.05) is 12.4 Å². The van der Waals surface area contributed by atoms with E-state index in [1.807, 2.05) is 24.6 Å². The molecule has 0 N–H and O–H groups in total. The van der Waals surface area contributed by atoms with Crippen molar-refractivity contribution in [3.8, 4) is 0 Å². The Morgan fingerprint density at radius 3 is 3.09 bits per heavy atom. The zero-order chi connectivity index (χ0) is 6.81. The number of allylic oxidation sites excluding steroid dienone is 3. The van der Waals surface area contributed by atoms with Crippen LogP contribution < -0.4 is 0 Å². The zero-order valence-corrected chi connectivity index (χ0v) is 6.79. The number of rotatable bonds is 0. The molecule has 2 nitrogen and oxygen atoms in total. The van der Waals surface area contributed by atoms with E-state index in [4.69, 9.17) is 0 Å². The molecule has 0 aliphatic carbocycles. The average molecular weight is 169 g/mol. The molecule has 58 valence electrons. The van der Waals surface area contributed by atoms with Gasteiger partial charge < -0.3 is 4.90 Å². The molecule has 0 radical (unpaired) electrons. The standard InChI is InChI=1S/C8H8N2.ClH/c1-2-5-10-6-4-9-7-8(10)3-1;/h1-5,7H,6H2;1H. The van der Waals surface area contributed by atoms with E-state index in [-0.39, 0.29) is 12.4 Å². The van der Waals surface area contributed by atoms with Crippen molar-refractivity contribution in [2.75, 3.05) is 6.54 Å². The van der Waals surface area contributed by atoms with E-state index in [9.17, 15) is 0 Å². The fourth-order valence-electron chi connectivity index (χ4n) is 1.04. The molecular weight excluding hydrogens is 160 g/mol. The van der Waals surface area contributed by atoms with Crippen molar-refractivity contribution in [3.05, 3.63) is 36.3 Å². The van der Waals surface area contributed by atoms with E-state index in [1.165, 1.54) is 5.70 Å². The van der Waals surface area contributed by atoms with Crippen LogP contribution in [0.3, 0.4) is 0 Å². The van der Waals surface area contributed by atoms with Crippen LogP contribution in [0.25, 0.3) is 0 Å². The summed E-state index contributed by atoms with van der Waals surface area (Å²) in [7, 11) is 0. The van der Waals surface area contributed by atoms with Gasteiger partial charge in [0.25, 0.3) is 0 Å². The summed E-state index contributed by atoms with van der Waals surface area (Å²) >= 11 is 0. The number of fused-ring (bicyclic) bond motifs is 1. The van der Waals surface area contributed by atoms with Crippen LogP contribution in [-0.2, 0) is 0 Å². The van der Waals surface area contributed by atoms with E-state index in [2.05, 4.69) is 22.2 Å². The number of hydrogen-bond acceptors (Lipinski definition) is 2. The predicted octanol–water partition coefficient (Wildman–Crippen LogP) is 1.72. The third kappa shape index (κ3) is 1.52. The second kappa shape index (κ2) is 3.39. The molecular formula is C8H9ClN2. The Morgan fingerprint density at radius 2 is 2.27 bits per heavy atom. The molecule has 2 rings (SSSR count). The van der Waals surface area contributed by atoms with Crippen molar-refractivity contribution in [2.45, 2.75) is 0 Å². The zero-order valence-electron chi connectivity index (χ0n) is 5.97. The molecule has 0 atom stereocenters. The quantitative estimate of drug-likeness (QED) is 0.538. The van der Waals surface area contributed by atoms with Gasteiger partial charge >= 0.3 is 0 Å². The molecule has 2 heterocycles. The van der Waals surface area contributed by atoms with Crippen molar-refractivity contribution >= 4 is 18.6 Å². The molecule has 2 aliphatic heterocycles. The van der Waals surface area contributed by atoms with Gasteiger partial charge in [-0.05, 0) is 12.2 Å². The smallest absolute Gasteiger partial charge is 0.0595 e. The highest BCUT2D eigenvalue weighted by Crippen LogP contribution is 2.13. The lowest BCUT2D eigenvalue weighted by Gasteiger charge is -2.22. The highest BCUT2D eigenvalue weighted by Gasteiger charge is 2.06. The van der Waals surface area contributed by atoms with Gasteiger partial charge in [-0.15, -0.1) is 12.4 Å². The van der Waals surface area contributed by atoms with Crippen LogP contribution in [0.1, 0.15) is 0 Å². The molecule has 11 heavy (non-hydrogen) atoms. The first-order chi connectivity index (χ1) is 4.97. The largest absolute Gasteiger partial charge is 0.341 e. The lowest BCUT2D eigenvalue weighted by molar-refractivity contribution is 0.540. The molecule has 0 spiro atoms. The summed E-state index contributed by atoms with van der Waals surface area (Å²) in [6.45, 7) is 0.896. The SMILES string of the molecule is C1=CC2=CN=CCN2C=C1.Cl. The topological polar surface area (TPSA) is 15.6 Å². The van der Waals surface area contributed by atoms with Gasteiger partial charge in [-0.2, -0.15) is 0 Å². The molecule has 0 unspecified atom stereocenters. The molecule has 3 heteroatoms.